The van der Waals surface area contributed by atoms with E-state index in [1.807, 2.05) is 12.1 Å². The number of aliphatic hydroxyl groups excluding tert-OH is 1. The maximum absolute atomic E-state index is 8.60. The molecule has 0 radical (unpaired) electrons. The van der Waals surface area contributed by atoms with Crippen molar-refractivity contribution in [2.75, 3.05) is 18.5 Å². The Balaban J connectivity index is 2.39. The van der Waals surface area contributed by atoms with E-state index in [0.29, 0.717) is 11.5 Å². The largest absolute Gasteiger partial charge is 0.396 e. The Morgan fingerprint density at radius 1 is 1.43 bits per heavy atom. The number of hydrogen-bond donors (Lipinski definition) is 2. The maximum atomic E-state index is 8.60. The fourth-order valence-electron chi connectivity index (χ4n) is 1.05. The molecule has 4 heteroatoms. The van der Waals surface area contributed by atoms with E-state index in [4.69, 9.17) is 10.4 Å². The van der Waals surface area contributed by atoms with Crippen molar-refractivity contribution in [2.45, 2.75) is 12.8 Å². The predicted octanol–water partition coefficient (Wildman–Crippen LogP) is 1.14. The van der Waals surface area contributed by atoms with Crippen molar-refractivity contribution in [2.24, 2.45) is 0 Å². The van der Waals surface area contributed by atoms with Gasteiger partial charge in [-0.1, -0.05) is 6.07 Å². The number of anilines is 1. The zero-order valence-corrected chi connectivity index (χ0v) is 7.90. The van der Waals surface area contributed by atoms with Crippen LogP contribution in [0.3, 0.4) is 0 Å². The van der Waals surface area contributed by atoms with Gasteiger partial charge in [-0.25, -0.2) is 4.98 Å². The summed E-state index contributed by atoms with van der Waals surface area (Å²) in [4.78, 5) is 4.05. The maximum Gasteiger partial charge on any atom is 0.142 e. The zero-order valence-electron chi connectivity index (χ0n) is 7.90. The average molecular weight is 191 g/mol. The van der Waals surface area contributed by atoms with Gasteiger partial charge in [0.05, 0.1) is 0 Å². The molecule has 1 aromatic heterocycles. The Labute approximate surface area is 83.2 Å². The van der Waals surface area contributed by atoms with Gasteiger partial charge in [-0.2, -0.15) is 5.26 Å². The van der Waals surface area contributed by atoms with Crippen LogP contribution < -0.4 is 5.32 Å². The van der Waals surface area contributed by atoms with Crippen molar-refractivity contribution < 1.29 is 5.11 Å². The Bertz CT molecular complexity index is 319. The van der Waals surface area contributed by atoms with E-state index in [-0.39, 0.29) is 6.61 Å². The molecular weight excluding hydrogens is 178 g/mol. The second-order valence-electron chi connectivity index (χ2n) is 2.88. The van der Waals surface area contributed by atoms with Crippen molar-refractivity contribution in [3.63, 3.8) is 0 Å². The van der Waals surface area contributed by atoms with E-state index in [0.717, 1.165) is 19.4 Å². The van der Waals surface area contributed by atoms with Crippen molar-refractivity contribution in [3.8, 4) is 6.07 Å². The molecule has 0 aliphatic rings. The number of aliphatic hydroxyl groups is 1. The molecule has 4 nitrogen and oxygen atoms in total. The predicted molar refractivity (Wildman–Crippen MR) is 53.8 cm³/mol. The molecule has 1 aromatic rings. The highest BCUT2D eigenvalue weighted by Gasteiger charge is 1.95. The van der Waals surface area contributed by atoms with Crippen LogP contribution in [0.25, 0.3) is 0 Å². The number of unbranched alkanes of at least 4 members (excludes halogenated alkanes) is 1. The third-order valence-corrected chi connectivity index (χ3v) is 1.75. The number of aromatic nitrogens is 1. The van der Waals surface area contributed by atoms with Crippen LogP contribution >= 0.6 is 0 Å². The third kappa shape index (κ3) is 3.42. The van der Waals surface area contributed by atoms with Crippen LogP contribution in [0.1, 0.15) is 18.5 Å². The van der Waals surface area contributed by atoms with Crippen LogP contribution in [0.4, 0.5) is 5.82 Å². The summed E-state index contributed by atoms with van der Waals surface area (Å²) in [6, 6.07) is 7.25. The van der Waals surface area contributed by atoms with Gasteiger partial charge in [0.15, 0.2) is 0 Å². The molecule has 0 saturated heterocycles. The van der Waals surface area contributed by atoms with Crippen LogP contribution in [0, 0.1) is 11.3 Å². The lowest BCUT2D eigenvalue weighted by atomic mass is 10.3. The molecule has 0 amide bonds. The summed E-state index contributed by atoms with van der Waals surface area (Å²) in [5.74, 6) is 0.710. The fourth-order valence-corrected chi connectivity index (χ4v) is 1.05. The van der Waals surface area contributed by atoms with E-state index < -0.39 is 0 Å². The smallest absolute Gasteiger partial charge is 0.142 e. The van der Waals surface area contributed by atoms with Gasteiger partial charge in [-0.05, 0) is 25.0 Å². The van der Waals surface area contributed by atoms with Gasteiger partial charge in [-0.3, -0.25) is 0 Å². The van der Waals surface area contributed by atoms with Gasteiger partial charge >= 0.3 is 0 Å². The molecule has 0 spiro atoms. The van der Waals surface area contributed by atoms with E-state index >= 15 is 0 Å². The molecule has 1 rings (SSSR count). The molecule has 2 N–H and O–H groups in total. The lowest BCUT2D eigenvalue weighted by Gasteiger charge is -2.03. The molecule has 0 aliphatic carbocycles. The zero-order chi connectivity index (χ0) is 10.2. The summed E-state index contributed by atoms with van der Waals surface area (Å²) in [6.45, 7) is 0.982. The summed E-state index contributed by atoms with van der Waals surface area (Å²) in [5.41, 5.74) is 0.414. The summed E-state index contributed by atoms with van der Waals surface area (Å²) < 4.78 is 0. The van der Waals surface area contributed by atoms with Gasteiger partial charge < -0.3 is 10.4 Å². The van der Waals surface area contributed by atoms with Gasteiger partial charge in [0.1, 0.15) is 17.6 Å². The Morgan fingerprint density at radius 2 is 2.29 bits per heavy atom. The van der Waals surface area contributed by atoms with Crippen molar-refractivity contribution in [3.05, 3.63) is 23.9 Å². The molecule has 1 heterocycles. The number of pyridine rings is 1. The molecule has 0 saturated carbocycles. The monoisotopic (exact) mass is 191 g/mol. The molecule has 0 fully saturated rings. The van der Waals surface area contributed by atoms with Crippen LogP contribution in [-0.2, 0) is 0 Å². The highest BCUT2D eigenvalue weighted by atomic mass is 16.2. The molecule has 0 atom stereocenters. The quantitative estimate of drug-likeness (QED) is 0.685. The number of nitrogens with one attached hydrogen (secondary N) is 1. The molecule has 74 valence electrons. The van der Waals surface area contributed by atoms with Gasteiger partial charge in [-0.15, -0.1) is 0 Å². The number of nitrogens with zero attached hydrogens (tertiary/aromatic N) is 2. The van der Waals surface area contributed by atoms with Crippen molar-refractivity contribution >= 4 is 5.82 Å². The van der Waals surface area contributed by atoms with Crippen LogP contribution in [0.5, 0.6) is 0 Å². The second-order valence-corrected chi connectivity index (χ2v) is 2.88. The average Bonchev–Trinajstić information content (AvgIpc) is 2.25. The van der Waals surface area contributed by atoms with Crippen LogP contribution in [0.15, 0.2) is 18.2 Å². The Kier molecular flexibility index (Phi) is 4.45. The minimum Gasteiger partial charge on any atom is -0.396 e. The molecule has 14 heavy (non-hydrogen) atoms. The minimum absolute atomic E-state index is 0.216. The molecule has 0 aromatic carbocycles. The van der Waals surface area contributed by atoms with E-state index in [1.165, 1.54) is 0 Å². The summed E-state index contributed by atoms with van der Waals surface area (Å²) in [5, 5.41) is 20.2. The van der Waals surface area contributed by atoms with Gasteiger partial charge in [0.25, 0.3) is 0 Å². The summed E-state index contributed by atoms with van der Waals surface area (Å²) in [7, 11) is 0. The van der Waals surface area contributed by atoms with Crippen LogP contribution in [0.2, 0.25) is 0 Å². The first kappa shape index (κ1) is 10.5. The standard InChI is InChI=1S/C10H13N3O/c11-8-9-4-3-5-10(13-9)12-6-1-2-7-14/h3-5,14H,1-2,6-7H2,(H,12,13). The first-order chi connectivity index (χ1) is 6.86. The van der Waals surface area contributed by atoms with E-state index in [2.05, 4.69) is 10.3 Å². The second kappa shape index (κ2) is 5.95. The van der Waals surface area contributed by atoms with Gasteiger partial charge in [0.2, 0.25) is 0 Å². The minimum atomic E-state index is 0.216. The SMILES string of the molecule is N#Cc1cccc(NCCCCO)n1. The first-order valence-electron chi connectivity index (χ1n) is 4.58. The summed E-state index contributed by atoms with van der Waals surface area (Å²) >= 11 is 0. The summed E-state index contributed by atoms with van der Waals surface area (Å²) in [6.07, 6.45) is 1.68. The van der Waals surface area contributed by atoms with Crippen molar-refractivity contribution in [1.82, 2.24) is 4.98 Å². The lowest BCUT2D eigenvalue weighted by Crippen LogP contribution is -2.04. The van der Waals surface area contributed by atoms with E-state index in [1.54, 1.807) is 12.1 Å². The van der Waals surface area contributed by atoms with E-state index in [9.17, 15) is 0 Å². The number of hydrogen-bond acceptors (Lipinski definition) is 4. The first-order valence-corrected chi connectivity index (χ1v) is 4.58. The highest BCUT2D eigenvalue weighted by Crippen LogP contribution is 2.03. The molecule has 0 bridgehead atoms. The van der Waals surface area contributed by atoms with Crippen molar-refractivity contribution in [1.29, 1.82) is 5.26 Å². The highest BCUT2D eigenvalue weighted by molar-refractivity contribution is 5.38. The third-order valence-electron chi connectivity index (χ3n) is 1.75. The Hall–Kier alpha value is -1.60. The molecule has 0 aliphatic heterocycles. The van der Waals surface area contributed by atoms with Gasteiger partial charge in [0, 0.05) is 13.2 Å². The molecule has 0 unspecified atom stereocenters. The normalized spacial score (nSPS) is 9.43. The fraction of sp³-hybridized carbons (Fsp3) is 0.400. The number of nitriles is 1. The topological polar surface area (TPSA) is 68.9 Å². The Morgan fingerprint density at radius 3 is 3.00 bits per heavy atom. The van der Waals surface area contributed by atoms with Crippen LogP contribution in [-0.4, -0.2) is 23.2 Å². The number of rotatable bonds is 5. The lowest BCUT2D eigenvalue weighted by molar-refractivity contribution is 0.286. The molecular formula is C10H13N3O.